The van der Waals surface area contributed by atoms with Crippen LogP contribution in [0.3, 0.4) is 0 Å². The fourth-order valence-corrected chi connectivity index (χ4v) is 5.90. The third kappa shape index (κ3) is 3.98. The molecular weight excluding hydrogens is 500 g/mol. The molecule has 4 heterocycles. The first-order chi connectivity index (χ1) is 18.5. The smallest absolute Gasteiger partial charge is 0.243 e. The van der Waals surface area contributed by atoms with Crippen LogP contribution >= 0.6 is 0 Å². The number of benzene rings is 1. The minimum atomic E-state index is -1.01. The van der Waals surface area contributed by atoms with Crippen molar-refractivity contribution in [3.8, 4) is 11.8 Å². The van der Waals surface area contributed by atoms with Crippen molar-refractivity contribution in [1.29, 1.82) is 0 Å². The maximum absolute atomic E-state index is 14.1. The lowest BCUT2D eigenvalue weighted by molar-refractivity contribution is -0.148. The average molecular weight is 528 g/mol. The number of carbonyl (C=O) groups is 2. The molecule has 0 saturated carbocycles. The minimum absolute atomic E-state index is 0.0566. The number of rotatable bonds is 2. The number of aromatic nitrogens is 2. The van der Waals surface area contributed by atoms with Crippen LogP contribution in [0.1, 0.15) is 48.7 Å². The first-order valence-electron chi connectivity index (χ1n) is 12.8. The van der Waals surface area contributed by atoms with Crippen LogP contribution in [0.2, 0.25) is 0 Å². The van der Waals surface area contributed by atoms with Crippen molar-refractivity contribution < 1.29 is 18.4 Å². The van der Waals surface area contributed by atoms with Crippen LogP contribution in [0, 0.1) is 23.5 Å². The van der Waals surface area contributed by atoms with Gasteiger partial charge in [0.2, 0.25) is 11.8 Å². The quantitative estimate of drug-likeness (QED) is 0.500. The molecule has 6 rings (SSSR count). The highest BCUT2D eigenvalue weighted by Gasteiger charge is 2.52. The first kappa shape index (κ1) is 25.1. The SMILES string of the molecule is CC1(C)NC[C@@](C)(c2cc(F)cc(F)c2)N(CC#Cc2cnc3c(c2)C[C@@]2(C3)C(=O)Nc3ncccc32)C1=O. The Balaban J connectivity index is 1.28. The number of hydrogen-bond acceptors (Lipinski definition) is 5. The van der Waals surface area contributed by atoms with Crippen LogP contribution in [0.5, 0.6) is 0 Å². The van der Waals surface area contributed by atoms with E-state index in [4.69, 9.17) is 0 Å². The molecule has 1 saturated heterocycles. The predicted octanol–water partition coefficient (Wildman–Crippen LogP) is 3.22. The van der Waals surface area contributed by atoms with Crippen molar-refractivity contribution in [3.05, 3.63) is 88.4 Å². The molecule has 1 spiro atoms. The number of amides is 2. The lowest BCUT2D eigenvalue weighted by atomic mass is 9.80. The summed E-state index contributed by atoms with van der Waals surface area (Å²) in [5.41, 5.74) is 1.12. The lowest BCUT2D eigenvalue weighted by Gasteiger charge is -2.50. The van der Waals surface area contributed by atoms with Gasteiger partial charge in [-0.1, -0.05) is 17.9 Å². The molecule has 1 aliphatic carbocycles. The van der Waals surface area contributed by atoms with E-state index in [0.717, 1.165) is 22.9 Å². The Labute approximate surface area is 225 Å². The maximum Gasteiger partial charge on any atom is 0.243 e. The number of pyridine rings is 2. The van der Waals surface area contributed by atoms with Crippen molar-refractivity contribution in [2.24, 2.45) is 0 Å². The molecule has 3 aliphatic rings. The Kier molecular flexibility index (Phi) is 5.59. The van der Waals surface area contributed by atoms with Gasteiger partial charge in [0.1, 0.15) is 17.5 Å². The van der Waals surface area contributed by atoms with Crippen molar-refractivity contribution in [3.63, 3.8) is 0 Å². The van der Waals surface area contributed by atoms with Crippen LogP contribution in [0.4, 0.5) is 14.6 Å². The van der Waals surface area contributed by atoms with Gasteiger partial charge in [-0.3, -0.25) is 14.6 Å². The van der Waals surface area contributed by atoms with Crippen molar-refractivity contribution in [2.45, 2.75) is 50.1 Å². The molecule has 2 amide bonds. The van der Waals surface area contributed by atoms with Crippen LogP contribution in [-0.4, -0.2) is 45.3 Å². The molecule has 1 fully saturated rings. The Bertz CT molecular complexity index is 1590. The molecule has 39 heavy (non-hydrogen) atoms. The number of carbonyl (C=O) groups excluding carboxylic acids is 2. The van der Waals surface area contributed by atoms with Crippen LogP contribution in [-0.2, 0) is 33.4 Å². The molecule has 3 aromatic rings. The lowest BCUT2D eigenvalue weighted by Crippen LogP contribution is -2.69. The highest BCUT2D eigenvalue weighted by atomic mass is 19.1. The number of fused-ring (bicyclic) bond motifs is 3. The average Bonchev–Trinajstić information content (AvgIpc) is 3.40. The van der Waals surface area contributed by atoms with Gasteiger partial charge in [0.25, 0.3) is 0 Å². The number of halogens is 2. The molecule has 2 aromatic heterocycles. The number of hydrogen-bond donors (Lipinski definition) is 2. The van der Waals surface area contributed by atoms with E-state index in [1.165, 1.54) is 12.1 Å². The van der Waals surface area contributed by atoms with E-state index in [1.54, 1.807) is 38.1 Å². The summed E-state index contributed by atoms with van der Waals surface area (Å²) in [4.78, 5) is 36.9. The molecule has 7 nitrogen and oxygen atoms in total. The molecule has 0 bridgehead atoms. The van der Waals surface area contributed by atoms with Gasteiger partial charge in [-0.25, -0.2) is 13.8 Å². The molecule has 198 valence electrons. The predicted molar refractivity (Wildman–Crippen MR) is 141 cm³/mol. The second-order valence-corrected chi connectivity index (χ2v) is 11.2. The minimum Gasteiger partial charge on any atom is -0.319 e. The van der Waals surface area contributed by atoms with Gasteiger partial charge in [0.05, 0.1) is 23.0 Å². The van der Waals surface area contributed by atoms with E-state index in [2.05, 4.69) is 32.4 Å². The summed E-state index contributed by atoms with van der Waals surface area (Å²) >= 11 is 0. The summed E-state index contributed by atoms with van der Waals surface area (Å²) in [7, 11) is 0. The molecule has 2 N–H and O–H groups in total. The molecular formula is C30H27F2N5O2. The maximum atomic E-state index is 14.1. The van der Waals surface area contributed by atoms with Gasteiger partial charge in [-0.15, -0.1) is 0 Å². The molecule has 1 aromatic carbocycles. The van der Waals surface area contributed by atoms with Crippen LogP contribution < -0.4 is 10.6 Å². The molecule has 0 radical (unpaired) electrons. The summed E-state index contributed by atoms with van der Waals surface area (Å²) < 4.78 is 28.2. The van der Waals surface area contributed by atoms with Gasteiger partial charge in [-0.05, 0) is 62.6 Å². The monoisotopic (exact) mass is 527 g/mol. The van der Waals surface area contributed by atoms with Gasteiger partial charge >= 0.3 is 0 Å². The second kappa shape index (κ2) is 8.68. The fraction of sp³-hybridized carbons (Fsp3) is 0.333. The van der Waals surface area contributed by atoms with E-state index in [-0.39, 0.29) is 18.4 Å². The first-order valence-corrected chi connectivity index (χ1v) is 12.8. The molecule has 0 unspecified atom stereocenters. The topological polar surface area (TPSA) is 87.2 Å². The Hall–Kier alpha value is -4.16. The molecule has 2 atom stereocenters. The summed E-state index contributed by atoms with van der Waals surface area (Å²) in [6.07, 6.45) is 4.33. The zero-order valence-electron chi connectivity index (χ0n) is 21.9. The van der Waals surface area contributed by atoms with E-state index in [0.29, 0.717) is 36.3 Å². The Morgan fingerprint density at radius 2 is 1.82 bits per heavy atom. The second-order valence-electron chi connectivity index (χ2n) is 11.2. The highest BCUT2D eigenvalue weighted by molar-refractivity contribution is 6.06. The van der Waals surface area contributed by atoms with E-state index in [1.807, 2.05) is 18.2 Å². The summed E-state index contributed by atoms with van der Waals surface area (Å²) in [6.45, 7) is 5.68. The van der Waals surface area contributed by atoms with E-state index >= 15 is 0 Å². The van der Waals surface area contributed by atoms with Crippen molar-refractivity contribution in [2.75, 3.05) is 18.4 Å². The fourth-order valence-electron chi connectivity index (χ4n) is 5.90. The van der Waals surface area contributed by atoms with Gasteiger partial charge in [-0.2, -0.15) is 0 Å². The zero-order chi connectivity index (χ0) is 27.6. The number of nitrogens with one attached hydrogen (secondary N) is 2. The zero-order valence-corrected chi connectivity index (χ0v) is 21.9. The van der Waals surface area contributed by atoms with Crippen molar-refractivity contribution >= 4 is 17.6 Å². The summed E-state index contributed by atoms with van der Waals surface area (Å²) in [5.74, 6) is 5.08. The van der Waals surface area contributed by atoms with E-state index < -0.39 is 28.1 Å². The van der Waals surface area contributed by atoms with Gasteiger partial charge in [0, 0.05) is 48.2 Å². The Morgan fingerprint density at radius 3 is 2.59 bits per heavy atom. The van der Waals surface area contributed by atoms with Crippen LogP contribution in [0.15, 0.2) is 48.8 Å². The summed E-state index contributed by atoms with van der Waals surface area (Å²) in [5, 5.41) is 6.10. The largest absolute Gasteiger partial charge is 0.319 e. The van der Waals surface area contributed by atoms with E-state index in [9.17, 15) is 18.4 Å². The Morgan fingerprint density at radius 1 is 1.05 bits per heavy atom. The number of piperazine rings is 1. The van der Waals surface area contributed by atoms with Crippen LogP contribution in [0.25, 0.3) is 0 Å². The molecule has 2 aliphatic heterocycles. The summed E-state index contributed by atoms with van der Waals surface area (Å²) in [6, 6.07) is 9.03. The van der Waals surface area contributed by atoms with Gasteiger partial charge in [0.15, 0.2) is 0 Å². The molecule has 9 heteroatoms. The third-order valence-electron chi connectivity index (χ3n) is 8.22. The standard InChI is InChI=1S/C30H27F2N5O2/c1-28(2)27(39)37(29(3,17-35-28)20-11-21(31)13-22(32)12-20)9-5-6-18-10-19-14-30(15-24(19)34-16-18)23-7-4-8-33-25(23)36-26(30)38/h4,7-8,10-13,16,35H,9,14-15,17H2,1-3H3,(H,33,36,38)/t29-,30-/m0/s1. The highest BCUT2D eigenvalue weighted by Crippen LogP contribution is 2.46. The van der Waals surface area contributed by atoms with Crippen molar-refractivity contribution in [1.82, 2.24) is 20.2 Å². The normalized spacial score (nSPS) is 24.7. The number of anilines is 1. The van der Waals surface area contributed by atoms with Gasteiger partial charge < -0.3 is 15.5 Å². The number of nitrogens with zero attached hydrogens (tertiary/aromatic N) is 3. The third-order valence-corrected chi connectivity index (χ3v) is 8.22.